The van der Waals surface area contributed by atoms with Gasteiger partial charge in [0.25, 0.3) is 0 Å². The number of esters is 2. The molecule has 33 nitrogen and oxygen atoms in total. The van der Waals surface area contributed by atoms with E-state index < -0.39 is 199 Å². The van der Waals surface area contributed by atoms with Gasteiger partial charge in [-0.2, -0.15) is 0 Å². The zero-order chi connectivity index (χ0) is 87.0. The molecule has 0 aromatic heterocycles. The van der Waals surface area contributed by atoms with Gasteiger partial charge >= 0.3 is 24.0 Å². The van der Waals surface area contributed by atoms with Crippen LogP contribution in [0.4, 0.5) is 4.79 Å². The summed E-state index contributed by atoms with van der Waals surface area (Å²) in [5.41, 5.74) is 0. The van der Waals surface area contributed by atoms with Crippen molar-refractivity contribution in [1.82, 2.24) is 66.2 Å². The van der Waals surface area contributed by atoms with Gasteiger partial charge in [-0.05, 0) is 127 Å². The zero-order valence-corrected chi connectivity index (χ0v) is 73.1. The average molecular weight is 1590 g/mol. The van der Waals surface area contributed by atoms with Crippen molar-refractivity contribution in [2.24, 2.45) is 41.4 Å². The highest BCUT2D eigenvalue weighted by Crippen LogP contribution is 2.25. The third kappa shape index (κ3) is 34.9. The third-order valence-electron chi connectivity index (χ3n) is 19.4. The molecule has 0 heterocycles. The molecule has 1 unspecified atom stereocenters. The van der Waals surface area contributed by atoms with E-state index in [1.165, 1.54) is 96.8 Å². The van der Waals surface area contributed by atoms with Crippen molar-refractivity contribution in [3.63, 3.8) is 0 Å². The van der Waals surface area contributed by atoms with Crippen molar-refractivity contribution in [3.8, 4) is 0 Å². The summed E-state index contributed by atoms with van der Waals surface area (Å²) in [4.78, 5) is 217. The summed E-state index contributed by atoms with van der Waals surface area (Å²) in [6.45, 7) is 31.6. The van der Waals surface area contributed by atoms with Gasteiger partial charge < -0.3 is 90.0 Å². The number of nitrogens with zero attached hydrogens (tertiary/aromatic N) is 8. The van der Waals surface area contributed by atoms with Gasteiger partial charge in [-0.1, -0.05) is 109 Å². The molecule has 0 aliphatic carbocycles. The van der Waals surface area contributed by atoms with Crippen molar-refractivity contribution in [2.75, 3.05) is 97.2 Å². The van der Waals surface area contributed by atoms with Crippen LogP contribution in [0.5, 0.6) is 0 Å². The summed E-state index contributed by atoms with van der Waals surface area (Å²) in [6.07, 6.45) is 2.49. The first-order chi connectivity index (χ1) is 51.6. The van der Waals surface area contributed by atoms with Crippen molar-refractivity contribution < 1.29 is 95.7 Å². The molecule has 7 N–H and O–H groups in total. The molecule has 642 valence electrons. The fourth-order valence-corrected chi connectivity index (χ4v) is 12.9. The Morgan fingerprint density at radius 3 is 1.38 bits per heavy atom. The highest BCUT2D eigenvalue weighted by Gasteiger charge is 2.44. The minimum absolute atomic E-state index is 0.0440. The quantitative estimate of drug-likeness (QED) is 0.0149. The summed E-state index contributed by atoms with van der Waals surface area (Å²) < 4.78 is 16.7. The SMILES string of the molecule is C/C=C/C[C@@H](C)[C@@H](OC(=O)CN(C)C(=O)[C@@H](CCCC[N+](C)(C)C)NC(=O)OC(C)OC(C)=O)[C@@H](NC)C(=O)N[C@@H](CC)C(=O)N(C)CC(=O)N(C)[C@@H](CC(C)C)C(=O)N[C@H](C(=O)N(C)[C@@H](CC(C)C)C(=O)N[C@@H](C)C(=O)N[C@H](C)C(=O)N(C)[C@@H](CC(C)C)C(=O)N(C)[C@@H](CC(C)C)C(=O)N(C)[C@H](C(=O)O)C(C)C)C(C)C. The fourth-order valence-electron chi connectivity index (χ4n) is 12.9. The highest BCUT2D eigenvalue weighted by molar-refractivity contribution is 5.99. The number of amides is 12. The number of nitrogens with one attached hydrogen (secondary N) is 6. The van der Waals surface area contributed by atoms with Crippen LogP contribution in [-0.2, 0) is 81.3 Å². The van der Waals surface area contributed by atoms with Gasteiger partial charge in [0.05, 0.1) is 34.2 Å². The number of rotatable bonds is 49. The molecule has 0 radical (unpaired) electrons. The molecule has 0 saturated carbocycles. The van der Waals surface area contributed by atoms with Crippen LogP contribution in [-0.4, -0.2) is 309 Å². The molecular formula is C79H143N14O19+. The van der Waals surface area contributed by atoms with E-state index in [2.05, 4.69) is 31.9 Å². The lowest BCUT2D eigenvalue weighted by Crippen LogP contribution is -2.61. The second kappa shape index (κ2) is 49.2. The number of alkyl carbamates (subject to hydrolysis) is 1. The van der Waals surface area contributed by atoms with Gasteiger partial charge in [0.2, 0.25) is 71.3 Å². The molecule has 12 amide bonds. The van der Waals surface area contributed by atoms with Gasteiger partial charge in [0.15, 0.2) is 0 Å². The number of aliphatic carboxylic acids is 1. The van der Waals surface area contributed by atoms with Crippen molar-refractivity contribution >= 4 is 89.0 Å². The molecule has 0 aliphatic rings. The van der Waals surface area contributed by atoms with Crippen molar-refractivity contribution in [2.45, 2.75) is 268 Å². The Morgan fingerprint density at radius 2 is 0.920 bits per heavy atom. The minimum Gasteiger partial charge on any atom is -0.480 e. The number of carboxylic acids is 1. The van der Waals surface area contributed by atoms with Gasteiger partial charge in [-0.15, -0.1) is 0 Å². The predicted octanol–water partition coefficient (Wildman–Crippen LogP) is 3.99. The van der Waals surface area contributed by atoms with E-state index in [0.29, 0.717) is 23.7 Å². The molecule has 33 heteroatoms. The first kappa shape index (κ1) is 104. The second-order valence-corrected chi connectivity index (χ2v) is 33.3. The van der Waals surface area contributed by atoms with Crippen LogP contribution in [0.2, 0.25) is 0 Å². The lowest BCUT2D eigenvalue weighted by molar-refractivity contribution is -0.870. The Kier molecular flexibility index (Phi) is 45.5. The van der Waals surface area contributed by atoms with E-state index in [-0.39, 0.29) is 62.2 Å². The van der Waals surface area contributed by atoms with E-state index in [0.717, 1.165) is 28.2 Å². The van der Waals surface area contributed by atoms with E-state index in [9.17, 15) is 77.0 Å². The summed E-state index contributed by atoms with van der Waals surface area (Å²) in [6, 6.07) is -13.1. The number of likely N-dealkylation sites (N-methyl/N-ethyl adjacent to an activating group) is 8. The van der Waals surface area contributed by atoms with E-state index in [1.54, 1.807) is 54.5 Å². The maximum absolute atomic E-state index is 14.8. The smallest absolute Gasteiger partial charge is 0.410 e. The predicted molar refractivity (Wildman–Crippen MR) is 425 cm³/mol. The molecule has 0 saturated heterocycles. The molecule has 0 aromatic rings. The number of hydrogen-bond donors (Lipinski definition) is 7. The van der Waals surface area contributed by atoms with Crippen LogP contribution in [0, 0.1) is 41.4 Å². The van der Waals surface area contributed by atoms with Crippen molar-refractivity contribution in [1.29, 1.82) is 0 Å². The van der Waals surface area contributed by atoms with E-state index >= 15 is 0 Å². The fraction of sp³-hybridized carbons (Fsp3) is 0.785. The topological polar surface area (TPSA) is 399 Å². The van der Waals surface area contributed by atoms with Crippen LogP contribution in [0.1, 0.15) is 189 Å². The Labute approximate surface area is 667 Å². The molecule has 0 bridgehead atoms. The molecule has 0 aliphatic heterocycles. The molecule has 0 spiro atoms. The van der Waals surface area contributed by atoms with Crippen LogP contribution in [0.25, 0.3) is 0 Å². The number of allylic oxidation sites excluding steroid dienone is 2. The number of quaternary nitrogens is 1. The monoisotopic (exact) mass is 1590 g/mol. The van der Waals surface area contributed by atoms with Crippen LogP contribution in [0.3, 0.4) is 0 Å². The summed E-state index contributed by atoms with van der Waals surface area (Å²) >= 11 is 0. The first-order valence-corrected chi connectivity index (χ1v) is 39.3. The largest absolute Gasteiger partial charge is 0.480 e. The zero-order valence-electron chi connectivity index (χ0n) is 73.1. The Bertz CT molecular complexity index is 3160. The number of carbonyl (C=O) groups excluding carboxylic acids is 14. The van der Waals surface area contributed by atoms with Crippen LogP contribution >= 0.6 is 0 Å². The number of ether oxygens (including phenoxy) is 3. The molecular weight excluding hydrogens is 1450 g/mol. The maximum atomic E-state index is 14.8. The van der Waals surface area contributed by atoms with Crippen LogP contribution in [0.15, 0.2) is 12.2 Å². The lowest BCUT2D eigenvalue weighted by atomic mass is 9.93. The molecule has 0 rings (SSSR count). The first-order valence-electron chi connectivity index (χ1n) is 39.3. The molecule has 112 heavy (non-hydrogen) atoms. The number of carbonyl (C=O) groups is 15. The van der Waals surface area contributed by atoms with E-state index in [4.69, 9.17) is 14.2 Å². The minimum atomic E-state index is -1.28. The van der Waals surface area contributed by atoms with E-state index in [1.807, 2.05) is 82.6 Å². The normalized spacial score (nSPS) is 15.5. The number of carboxylic acid groups (broad SMARTS) is 1. The standard InChI is InChI=1S/C79H142N14O19/c1-31-33-36-51(15)67(112-63(96)44-87(22)74(103)57(37-34-35-38-93(28,29)30)84-79(109)111-55(19)110-54(18)94)65(80-20)71(100)83-56(32-2)73(102)86(21)43-62(95)88(23)58(39-45(3)4)70(99)85-64(49(11)12)77(106)89(24)59(40-46(5)6)69(98)81-52(16)68(97)82-53(17)72(101)90(25)60(41-47(7)8)75(104)91(26)61(42-48(9)10)76(105)92(27)66(50(13)14)78(107)108/h31,33,45-53,55-61,64-67,80H,32,34-44H2,1-30H3,(H5-,81,82,83,84,85,97,98,99,100,107,108,109)/p+1/b33-31+/t51-,52+,53-,55?,56+,57-,58+,59+,60+,61+,64+,65-,66+,67-/m1/s1. The average Bonchev–Trinajstić information content (AvgIpc) is 0.819. The van der Waals surface area contributed by atoms with Gasteiger partial charge in [-0.25, -0.2) is 9.59 Å². The highest BCUT2D eigenvalue weighted by atomic mass is 16.7. The number of unbranched alkanes of at least 4 members (excludes halogenated alkanes) is 1. The van der Waals surface area contributed by atoms with Gasteiger partial charge in [0, 0.05) is 63.2 Å². The summed E-state index contributed by atoms with van der Waals surface area (Å²) in [5, 5.41) is 26.4. The lowest BCUT2D eigenvalue weighted by Gasteiger charge is -2.39. The van der Waals surface area contributed by atoms with Crippen molar-refractivity contribution in [3.05, 3.63) is 12.2 Å². The molecule has 14 atom stereocenters. The Hall–Kier alpha value is -8.49. The maximum Gasteiger partial charge on any atom is 0.410 e. The third-order valence-corrected chi connectivity index (χ3v) is 19.4. The summed E-state index contributed by atoms with van der Waals surface area (Å²) in [5.74, 6) is -12.3. The van der Waals surface area contributed by atoms with Gasteiger partial charge in [0.1, 0.15) is 79.1 Å². The van der Waals surface area contributed by atoms with Gasteiger partial charge in [-0.3, -0.25) is 62.3 Å². The molecule has 0 fully saturated rings. The Morgan fingerprint density at radius 1 is 0.464 bits per heavy atom. The summed E-state index contributed by atoms with van der Waals surface area (Å²) in [7, 11) is 17.3. The Balaban J connectivity index is 6.73. The second-order valence-electron chi connectivity index (χ2n) is 33.3. The number of hydrogen-bond acceptors (Lipinski definition) is 19. The van der Waals surface area contributed by atoms with Crippen LogP contribution < -0.4 is 31.9 Å². The molecule has 0 aromatic carbocycles.